The minimum atomic E-state index is -0.0151. The largest absolute Gasteiger partial charge is 0.468 e. The van der Waals surface area contributed by atoms with E-state index in [1.165, 1.54) is 0 Å². The summed E-state index contributed by atoms with van der Waals surface area (Å²) in [6.45, 7) is 3.87. The SMILES string of the molecule is Cc1coc(C(C)Cl)c1. The van der Waals surface area contributed by atoms with Crippen LogP contribution in [0.5, 0.6) is 0 Å². The Bertz CT molecular complexity index is 191. The molecule has 0 saturated heterocycles. The van der Waals surface area contributed by atoms with Crippen LogP contribution in [-0.4, -0.2) is 0 Å². The van der Waals surface area contributed by atoms with E-state index >= 15 is 0 Å². The lowest BCUT2D eigenvalue weighted by molar-refractivity contribution is 0.510. The Balaban J connectivity index is 2.85. The number of aryl methyl sites for hydroxylation is 1. The predicted octanol–water partition coefficient (Wildman–Crippen LogP) is 2.89. The summed E-state index contributed by atoms with van der Waals surface area (Å²) in [6.07, 6.45) is 1.70. The van der Waals surface area contributed by atoms with Crippen LogP contribution in [0.4, 0.5) is 0 Å². The molecule has 1 aromatic heterocycles. The summed E-state index contributed by atoms with van der Waals surface area (Å²) in [5.41, 5.74) is 1.12. The van der Waals surface area contributed by atoms with Crippen molar-refractivity contribution >= 4 is 11.6 Å². The maximum absolute atomic E-state index is 5.72. The summed E-state index contributed by atoms with van der Waals surface area (Å²) in [4.78, 5) is 0. The first-order valence-electron chi connectivity index (χ1n) is 2.89. The molecule has 0 fully saturated rings. The summed E-state index contributed by atoms with van der Waals surface area (Å²) in [5, 5.41) is -0.0151. The van der Waals surface area contributed by atoms with Crippen molar-refractivity contribution in [3.05, 3.63) is 23.7 Å². The number of hydrogen-bond acceptors (Lipinski definition) is 1. The Kier molecular flexibility index (Phi) is 1.81. The first-order valence-corrected chi connectivity index (χ1v) is 3.33. The molecule has 0 radical (unpaired) electrons. The van der Waals surface area contributed by atoms with Crippen LogP contribution in [0.1, 0.15) is 23.6 Å². The van der Waals surface area contributed by atoms with E-state index in [2.05, 4.69) is 0 Å². The van der Waals surface area contributed by atoms with Gasteiger partial charge in [0.15, 0.2) is 0 Å². The molecule has 1 unspecified atom stereocenters. The fraction of sp³-hybridized carbons (Fsp3) is 0.429. The molecule has 1 rings (SSSR count). The van der Waals surface area contributed by atoms with Crippen molar-refractivity contribution in [1.82, 2.24) is 0 Å². The average Bonchev–Trinajstić information content (AvgIpc) is 2.14. The standard InChI is InChI=1S/C7H9ClO/c1-5-3-7(6(2)8)9-4-5/h3-4,6H,1-2H3. The van der Waals surface area contributed by atoms with Gasteiger partial charge >= 0.3 is 0 Å². The molecule has 0 aromatic carbocycles. The molecule has 0 saturated carbocycles. The molecule has 0 aliphatic carbocycles. The minimum absolute atomic E-state index is 0.0151. The van der Waals surface area contributed by atoms with Crippen molar-refractivity contribution in [3.8, 4) is 0 Å². The summed E-state index contributed by atoms with van der Waals surface area (Å²) >= 11 is 5.72. The fourth-order valence-corrected chi connectivity index (χ4v) is 0.776. The number of furan rings is 1. The van der Waals surface area contributed by atoms with E-state index in [1.54, 1.807) is 6.26 Å². The Morgan fingerprint density at radius 2 is 2.33 bits per heavy atom. The third-order valence-corrected chi connectivity index (χ3v) is 1.36. The lowest BCUT2D eigenvalue weighted by Gasteiger charge is -1.92. The van der Waals surface area contributed by atoms with Gasteiger partial charge in [-0.1, -0.05) is 0 Å². The van der Waals surface area contributed by atoms with Crippen LogP contribution in [0, 0.1) is 6.92 Å². The lowest BCUT2D eigenvalue weighted by Crippen LogP contribution is -1.75. The summed E-state index contributed by atoms with van der Waals surface area (Å²) in [7, 11) is 0. The predicted molar refractivity (Wildman–Crippen MR) is 37.7 cm³/mol. The highest BCUT2D eigenvalue weighted by molar-refractivity contribution is 6.20. The number of halogens is 1. The van der Waals surface area contributed by atoms with Crippen LogP contribution in [0.15, 0.2) is 16.7 Å². The van der Waals surface area contributed by atoms with Crippen LogP contribution < -0.4 is 0 Å². The van der Waals surface area contributed by atoms with Gasteiger partial charge in [-0.05, 0) is 25.5 Å². The van der Waals surface area contributed by atoms with Crippen LogP contribution >= 0.6 is 11.6 Å². The minimum Gasteiger partial charge on any atom is -0.468 e. The van der Waals surface area contributed by atoms with Crippen LogP contribution in [0.25, 0.3) is 0 Å². The van der Waals surface area contributed by atoms with Gasteiger partial charge in [-0.15, -0.1) is 11.6 Å². The first-order chi connectivity index (χ1) is 4.20. The molecule has 0 spiro atoms. The Morgan fingerprint density at radius 3 is 2.56 bits per heavy atom. The van der Waals surface area contributed by atoms with Crippen molar-refractivity contribution in [3.63, 3.8) is 0 Å². The maximum atomic E-state index is 5.72. The van der Waals surface area contributed by atoms with E-state index in [9.17, 15) is 0 Å². The van der Waals surface area contributed by atoms with Crippen molar-refractivity contribution in [2.24, 2.45) is 0 Å². The van der Waals surface area contributed by atoms with E-state index in [4.69, 9.17) is 16.0 Å². The lowest BCUT2D eigenvalue weighted by atomic mass is 10.3. The first kappa shape index (κ1) is 6.69. The molecule has 50 valence electrons. The third kappa shape index (κ3) is 1.49. The second kappa shape index (κ2) is 2.44. The van der Waals surface area contributed by atoms with Crippen molar-refractivity contribution in [2.75, 3.05) is 0 Å². The second-order valence-electron chi connectivity index (χ2n) is 2.14. The smallest absolute Gasteiger partial charge is 0.121 e. The van der Waals surface area contributed by atoms with E-state index in [-0.39, 0.29) is 5.38 Å². The van der Waals surface area contributed by atoms with E-state index in [0.717, 1.165) is 11.3 Å². The van der Waals surface area contributed by atoms with Crippen LogP contribution in [0.3, 0.4) is 0 Å². The Hall–Kier alpha value is -0.430. The highest BCUT2D eigenvalue weighted by Gasteiger charge is 2.03. The molecule has 0 aliphatic rings. The molecule has 1 atom stereocenters. The zero-order chi connectivity index (χ0) is 6.85. The van der Waals surface area contributed by atoms with Gasteiger partial charge in [0, 0.05) is 0 Å². The molecule has 2 heteroatoms. The molecule has 0 N–H and O–H groups in total. The number of rotatable bonds is 1. The van der Waals surface area contributed by atoms with Gasteiger partial charge in [-0.2, -0.15) is 0 Å². The molecular formula is C7H9ClO. The van der Waals surface area contributed by atoms with Crippen LogP contribution in [0.2, 0.25) is 0 Å². The van der Waals surface area contributed by atoms with Gasteiger partial charge in [0.2, 0.25) is 0 Å². The molecule has 1 aromatic rings. The topological polar surface area (TPSA) is 13.1 Å². The fourth-order valence-electron chi connectivity index (χ4n) is 0.662. The monoisotopic (exact) mass is 144 g/mol. The van der Waals surface area contributed by atoms with Crippen molar-refractivity contribution in [1.29, 1.82) is 0 Å². The zero-order valence-electron chi connectivity index (χ0n) is 5.52. The van der Waals surface area contributed by atoms with E-state index < -0.39 is 0 Å². The van der Waals surface area contributed by atoms with Gasteiger partial charge in [0.05, 0.1) is 11.6 Å². The second-order valence-corrected chi connectivity index (χ2v) is 2.80. The Labute approximate surface area is 59.6 Å². The normalized spacial score (nSPS) is 13.7. The van der Waals surface area contributed by atoms with Gasteiger partial charge in [-0.3, -0.25) is 0 Å². The molecular weight excluding hydrogens is 136 g/mol. The van der Waals surface area contributed by atoms with Gasteiger partial charge in [0.25, 0.3) is 0 Å². The highest BCUT2D eigenvalue weighted by Crippen LogP contribution is 2.20. The van der Waals surface area contributed by atoms with Gasteiger partial charge < -0.3 is 4.42 Å². The van der Waals surface area contributed by atoms with Gasteiger partial charge in [-0.25, -0.2) is 0 Å². The number of hydrogen-bond donors (Lipinski definition) is 0. The zero-order valence-corrected chi connectivity index (χ0v) is 6.27. The average molecular weight is 145 g/mol. The maximum Gasteiger partial charge on any atom is 0.121 e. The van der Waals surface area contributed by atoms with Crippen molar-refractivity contribution in [2.45, 2.75) is 19.2 Å². The highest BCUT2D eigenvalue weighted by atomic mass is 35.5. The number of alkyl halides is 1. The molecule has 1 heterocycles. The summed E-state index contributed by atoms with van der Waals surface area (Å²) in [5.74, 6) is 0.842. The summed E-state index contributed by atoms with van der Waals surface area (Å²) in [6, 6.07) is 1.94. The molecule has 0 aliphatic heterocycles. The molecule has 9 heavy (non-hydrogen) atoms. The molecule has 0 bridgehead atoms. The van der Waals surface area contributed by atoms with Crippen LogP contribution in [-0.2, 0) is 0 Å². The summed E-state index contributed by atoms with van der Waals surface area (Å²) < 4.78 is 5.09. The Morgan fingerprint density at radius 1 is 1.67 bits per heavy atom. The van der Waals surface area contributed by atoms with Crippen molar-refractivity contribution < 1.29 is 4.42 Å². The molecule has 0 amide bonds. The quantitative estimate of drug-likeness (QED) is 0.553. The molecule has 1 nitrogen and oxygen atoms in total. The third-order valence-electron chi connectivity index (χ3n) is 1.14. The van der Waals surface area contributed by atoms with Gasteiger partial charge in [0.1, 0.15) is 5.76 Å². The van der Waals surface area contributed by atoms with E-state index in [0.29, 0.717) is 0 Å². The van der Waals surface area contributed by atoms with E-state index in [1.807, 2.05) is 19.9 Å².